The fourth-order valence-corrected chi connectivity index (χ4v) is 5.64. The summed E-state index contributed by atoms with van der Waals surface area (Å²) in [6.45, 7) is 6.59. The fourth-order valence-electron chi connectivity index (χ4n) is 5.64. The fraction of sp³-hybridized carbons (Fsp3) is 0.921. The van der Waals surface area contributed by atoms with Crippen molar-refractivity contribution in [2.45, 2.75) is 181 Å². The van der Waals surface area contributed by atoms with E-state index in [-0.39, 0.29) is 37.7 Å². The summed E-state index contributed by atoms with van der Waals surface area (Å²) in [6, 6.07) is 0. The standard InChI is InChI=1S/C38H74N2O6/c1-3-5-7-9-11-13-15-17-19-21-23-27-37(43)45-34-31-40(36(42)26-25-29-39-30-33-41)32-35-46-38(44)28-24-22-20-18-16-14-12-10-8-6-4-2/h39,41H,3-35H2,1-2H3. The minimum Gasteiger partial charge on any atom is -0.464 e. The number of nitrogens with zero attached hydrogens (tertiary/aromatic N) is 1. The molecule has 2 N–H and O–H groups in total. The smallest absolute Gasteiger partial charge is 0.305 e. The average molecular weight is 655 g/mol. The lowest BCUT2D eigenvalue weighted by molar-refractivity contribution is -0.147. The first-order valence-corrected chi connectivity index (χ1v) is 19.5. The number of hydrogen-bond acceptors (Lipinski definition) is 7. The van der Waals surface area contributed by atoms with Crippen LogP contribution in [0.25, 0.3) is 0 Å². The van der Waals surface area contributed by atoms with Crippen molar-refractivity contribution in [3.63, 3.8) is 0 Å². The van der Waals surface area contributed by atoms with Crippen molar-refractivity contribution in [3.8, 4) is 0 Å². The van der Waals surface area contributed by atoms with E-state index in [0.29, 0.717) is 51.9 Å². The summed E-state index contributed by atoms with van der Waals surface area (Å²) in [7, 11) is 0. The molecule has 0 spiro atoms. The van der Waals surface area contributed by atoms with E-state index < -0.39 is 0 Å². The SMILES string of the molecule is CCCCCCCCCCCCCC(=O)OCCN(CCOC(=O)CCCCCCCCCCCCC)C(=O)CCCNCCO. The first-order chi connectivity index (χ1) is 22.5. The first-order valence-electron chi connectivity index (χ1n) is 19.5. The molecule has 0 aliphatic carbocycles. The molecular weight excluding hydrogens is 580 g/mol. The van der Waals surface area contributed by atoms with E-state index >= 15 is 0 Å². The number of aliphatic hydroxyl groups is 1. The van der Waals surface area contributed by atoms with Gasteiger partial charge in [-0.1, -0.05) is 142 Å². The molecule has 0 bridgehead atoms. The van der Waals surface area contributed by atoms with Crippen molar-refractivity contribution in [3.05, 3.63) is 0 Å². The number of amides is 1. The maximum absolute atomic E-state index is 12.9. The topological polar surface area (TPSA) is 105 Å². The van der Waals surface area contributed by atoms with E-state index in [0.717, 1.165) is 38.5 Å². The number of ether oxygens (including phenoxy) is 2. The number of esters is 2. The predicted molar refractivity (Wildman–Crippen MR) is 190 cm³/mol. The molecule has 8 nitrogen and oxygen atoms in total. The monoisotopic (exact) mass is 655 g/mol. The molecule has 0 atom stereocenters. The second kappa shape index (κ2) is 36.2. The maximum Gasteiger partial charge on any atom is 0.305 e. The number of carbonyl (C=O) groups excluding carboxylic acids is 3. The molecule has 0 aliphatic heterocycles. The Morgan fingerprint density at radius 2 is 0.870 bits per heavy atom. The average Bonchev–Trinajstić information content (AvgIpc) is 3.05. The number of hydrogen-bond donors (Lipinski definition) is 2. The van der Waals surface area contributed by atoms with Crippen LogP contribution in [0.2, 0.25) is 0 Å². The highest BCUT2D eigenvalue weighted by atomic mass is 16.5. The zero-order chi connectivity index (χ0) is 33.8. The molecule has 0 aromatic rings. The molecule has 0 aromatic heterocycles. The molecular formula is C38H74N2O6. The Labute approximate surface area is 283 Å². The van der Waals surface area contributed by atoms with Crippen LogP contribution < -0.4 is 5.32 Å². The number of rotatable bonds is 36. The second-order valence-corrected chi connectivity index (χ2v) is 13.0. The Bertz CT molecular complexity index is 646. The molecule has 0 aromatic carbocycles. The van der Waals surface area contributed by atoms with E-state index in [1.807, 2.05) is 0 Å². The Balaban J connectivity index is 4.14. The molecule has 272 valence electrons. The van der Waals surface area contributed by atoms with Crippen LogP contribution in [0.5, 0.6) is 0 Å². The van der Waals surface area contributed by atoms with Crippen molar-refractivity contribution >= 4 is 17.8 Å². The van der Waals surface area contributed by atoms with Crippen molar-refractivity contribution < 1.29 is 29.0 Å². The van der Waals surface area contributed by atoms with Crippen LogP contribution in [0.4, 0.5) is 0 Å². The quantitative estimate of drug-likeness (QED) is 0.0514. The van der Waals surface area contributed by atoms with Crippen molar-refractivity contribution in [1.29, 1.82) is 0 Å². The van der Waals surface area contributed by atoms with E-state index in [4.69, 9.17) is 14.6 Å². The third kappa shape index (κ3) is 32.3. The van der Waals surface area contributed by atoms with Gasteiger partial charge in [0.1, 0.15) is 13.2 Å². The first kappa shape index (κ1) is 44.3. The van der Waals surface area contributed by atoms with Gasteiger partial charge in [0.15, 0.2) is 0 Å². The number of nitrogens with one attached hydrogen (secondary N) is 1. The molecule has 0 fully saturated rings. The summed E-state index contributed by atoms with van der Waals surface area (Å²) in [5.74, 6) is -0.474. The zero-order valence-corrected chi connectivity index (χ0v) is 30.3. The van der Waals surface area contributed by atoms with Crippen LogP contribution in [-0.4, -0.2) is 73.9 Å². The molecule has 0 saturated carbocycles. The highest BCUT2D eigenvalue weighted by Crippen LogP contribution is 2.13. The third-order valence-corrected chi connectivity index (χ3v) is 8.60. The number of unbranched alkanes of at least 4 members (excludes halogenated alkanes) is 20. The minimum absolute atomic E-state index is 0.0476. The molecule has 0 radical (unpaired) electrons. The van der Waals surface area contributed by atoms with E-state index in [1.165, 1.54) is 103 Å². The van der Waals surface area contributed by atoms with Crippen LogP contribution in [0, 0.1) is 0 Å². The normalized spacial score (nSPS) is 11.1. The molecule has 0 rings (SSSR count). The largest absolute Gasteiger partial charge is 0.464 e. The maximum atomic E-state index is 12.9. The summed E-state index contributed by atoms with van der Waals surface area (Å²) in [6.07, 6.45) is 29.0. The van der Waals surface area contributed by atoms with Crippen molar-refractivity contribution in [2.75, 3.05) is 46.0 Å². The van der Waals surface area contributed by atoms with Gasteiger partial charge in [0.2, 0.25) is 5.91 Å². The summed E-state index contributed by atoms with van der Waals surface area (Å²) < 4.78 is 10.9. The third-order valence-electron chi connectivity index (χ3n) is 8.60. The lowest BCUT2D eigenvalue weighted by Gasteiger charge is -2.22. The minimum atomic E-state index is -0.213. The van der Waals surface area contributed by atoms with Gasteiger partial charge in [-0.2, -0.15) is 0 Å². The van der Waals surface area contributed by atoms with E-state index in [9.17, 15) is 14.4 Å². The lowest BCUT2D eigenvalue weighted by atomic mass is 10.1. The van der Waals surface area contributed by atoms with Crippen LogP contribution in [0.3, 0.4) is 0 Å². The van der Waals surface area contributed by atoms with Gasteiger partial charge in [-0.05, 0) is 25.8 Å². The molecule has 0 unspecified atom stereocenters. The van der Waals surface area contributed by atoms with Gasteiger partial charge in [0.25, 0.3) is 0 Å². The summed E-state index contributed by atoms with van der Waals surface area (Å²) in [5.41, 5.74) is 0. The lowest BCUT2D eigenvalue weighted by Crippen LogP contribution is -2.37. The van der Waals surface area contributed by atoms with E-state index in [2.05, 4.69) is 19.2 Å². The Kier molecular flexibility index (Phi) is 34.9. The van der Waals surface area contributed by atoms with Gasteiger partial charge in [-0.3, -0.25) is 14.4 Å². The van der Waals surface area contributed by atoms with E-state index in [1.54, 1.807) is 4.90 Å². The second-order valence-electron chi connectivity index (χ2n) is 13.0. The van der Waals surface area contributed by atoms with Gasteiger partial charge in [0, 0.05) is 25.8 Å². The number of aliphatic hydroxyl groups excluding tert-OH is 1. The van der Waals surface area contributed by atoms with Crippen molar-refractivity contribution in [1.82, 2.24) is 10.2 Å². The van der Waals surface area contributed by atoms with Gasteiger partial charge >= 0.3 is 11.9 Å². The van der Waals surface area contributed by atoms with Crippen LogP contribution in [0.15, 0.2) is 0 Å². The Morgan fingerprint density at radius 1 is 0.500 bits per heavy atom. The zero-order valence-electron chi connectivity index (χ0n) is 30.3. The summed E-state index contributed by atoms with van der Waals surface area (Å²) in [4.78, 5) is 39.0. The van der Waals surface area contributed by atoms with Crippen molar-refractivity contribution in [2.24, 2.45) is 0 Å². The molecule has 0 heterocycles. The Hall–Kier alpha value is -1.67. The van der Waals surface area contributed by atoms with Crippen LogP contribution in [0.1, 0.15) is 181 Å². The highest BCUT2D eigenvalue weighted by Gasteiger charge is 2.15. The van der Waals surface area contributed by atoms with Gasteiger partial charge in [0.05, 0.1) is 19.7 Å². The summed E-state index contributed by atoms with van der Waals surface area (Å²) >= 11 is 0. The van der Waals surface area contributed by atoms with Gasteiger partial charge in [-0.25, -0.2) is 0 Å². The molecule has 8 heteroatoms. The summed E-state index contributed by atoms with van der Waals surface area (Å²) in [5, 5.41) is 12.0. The van der Waals surface area contributed by atoms with Gasteiger partial charge < -0.3 is 24.8 Å². The predicted octanol–water partition coefficient (Wildman–Crippen LogP) is 8.67. The van der Waals surface area contributed by atoms with Crippen LogP contribution in [-0.2, 0) is 23.9 Å². The highest BCUT2D eigenvalue weighted by molar-refractivity contribution is 5.76. The van der Waals surface area contributed by atoms with Gasteiger partial charge in [-0.15, -0.1) is 0 Å². The van der Waals surface area contributed by atoms with Crippen LogP contribution >= 0.6 is 0 Å². The molecule has 1 amide bonds. The molecule has 0 saturated heterocycles. The molecule has 46 heavy (non-hydrogen) atoms. The number of carbonyl (C=O) groups is 3. The Morgan fingerprint density at radius 3 is 1.24 bits per heavy atom. The molecule has 0 aliphatic rings.